The fraction of sp³-hybridized carbons (Fsp3) is 0.650. The molecule has 1 fully saturated rings. The predicted molar refractivity (Wildman–Crippen MR) is 108 cm³/mol. The number of amides is 1. The Hall–Kier alpha value is -2.55. The highest BCUT2D eigenvalue weighted by Crippen LogP contribution is 2.28. The molecule has 0 bridgehead atoms. The van der Waals surface area contributed by atoms with E-state index in [0.717, 1.165) is 12.8 Å². The summed E-state index contributed by atoms with van der Waals surface area (Å²) in [6.45, 7) is 12.2. The van der Waals surface area contributed by atoms with Crippen molar-refractivity contribution in [2.75, 3.05) is 0 Å². The number of nitrogens with zero attached hydrogens (tertiary/aromatic N) is 4. The molecule has 1 aliphatic heterocycles. The molecule has 1 aliphatic rings. The molecule has 2 N–H and O–H groups in total. The van der Waals surface area contributed by atoms with Crippen molar-refractivity contribution in [2.24, 2.45) is 0 Å². The first-order valence-electron chi connectivity index (χ1n) is 9.92. The molecule has 3 rings (SSSR count). The quantitative estimate of drug-likeness (QED) is 0.782. The van der Waals surface area contributed by atoms with Crippen LogP contribution in [0.15, 0.2) is 15.5 Å². The van der Waals surface area contributed by atoms with E-state index in [9.17, 15) is 9.59 Å². The third-order valence-corrected chi connectivity index (χ3v) is 5.12. The first-order chi connectivity index (χ1) is 13.5. The second-order valence-electron chi connectivity index (χ2n) is 9.14. The Morgan fingerprint density at radius 1 is 1.28 bits per heavy atom. The summed E-state index contributed by atoms with van der Waals surface area (Å²) in [7, 11) is 0. The average molecular weight is 402 g/mol. The second-order valence-corrected chi connectivity index (χ2v) is 9.14. The van der Waals surface area contributed by atoms with Gasteiger partial charge in [0, 0.05) is 36.3 Å². The molecule has 1 amide bonds. The number of carbonyl (C=O) groups is 1. The van der Waals surface area contributed by atoms with Crippen molar-refractivity contribution in [3.05, 3.63) is 28.2 Å². The largest absolute Gasteiger partial charge is 0.353 e. The van der Waals surface area contributed by atoms with Crippen LogP contribution in [0.2, 0.25) is 0 Å². The Morgan fingerprint density at radius 3 is 2.52 bits per heavy atom. The van der Waals surface area contributed by atoms with Gasteiger partial charge in [0.1, 0.15) is 11.4 Å². The van der Waals surface area contributed by atoms with Crippen LogP contribution < -0.4 is 16.2 Å². The monoisotopic (exact) mass is 402 g/mol. The molecule has 29 heavy (non-hydrogen) atoms. The molecular formula is C20H30N6O3. The van der Waals surface area contributed by atoms with Crippen LogP contribution in [-0.2, 0) is 11.3 Å². The summed E-state index contributed by atoms with van der Waals surface area (Å²) in [5.74, 6) is 1.04. The topological polar surface area (TPSA) is 115 Å². The van der Waals surface area contributed by atoms with Crippen LogP contribution in [0.1, 0.15) is 58.6 Å². The van der Waals surface area contributed by atoms with Gasteiger partial charge in [-0.15, -0.1) is 0 Å². The summed E-state index contributed by atoms with van der Waals surface area (Å²) in [6.07, 6.45) is 3.34. The lowest BCUT2D eigenvalue weighted by atomic mass is 9.79. The molecule has 3 heterocycles. The number of hydrogen-bond acceptors (Lipinski definition) is 7. The summed E-state index contributed by atoms with van der Waals surface area (Å²) in [5, 5.41) is 10.5. The number of nitrogens with one attached hydrogen (secondary N) is 2. The molecule has 0 aromatic carbocycles. The van der Waals surface area contributed by atoms with E-state index < -0.39 is 0 Å². The van der Waals surface area contributed by atoms with E-state index in [2.05, 4.69) is 53.5 Å². The number of hydrogen-bond donors (Lipinski definition) is 2. The minimum atomic E-state index is -0.293. The van der Waals surface area contributed by atoms with Crippen molar-refractivity contribution >= 4 is 5.91 Å². The van der Waals surface area contributed by atoms with Crippen molar-refractivity contribution in [1.29, 1.82) is 0 Å². The van der Waals surface area contributed by atoms with Crippen LogP contribution in [0.25, 0.3) is 11.5 Å². The van der Waals surface area contributed by atoms with E-state index in [1.54, 1.807) is 13.8 Å². The Bertz CT molecular complexity index is 943. The minimum absolute atomic E-state index is 0.0479. The van der Waals surface area contributed by atoms with Gasteiger partial charge in [-0.1, -0.05) is 5.16 Å². The van der Waals surface area contributed by atoms with Crippen LogP contribution in [0.5, 0.6) is 0 Å². The van der Waals surface area contributed by atoms with Crippen molar-refractivity contribution < 1.29 is 9.32 Å². The van der Waals surface area contributed by atoms with Crippen molar-refractivity contribution in [2.45, 2.75) is 84.5 Å². The highest BCUT2D eigenvalue weighted by molar-refractivity contribution is 5.76. The molecule has 0 atom stereocenters. The Morgan fingerprint density at radius 2 is 1.93 bits per heavy atom. The Labute approximate surface area is 170 Å². The number of aromatic nitrogens is 4. The standard InChI is InChI=1S/C20H30N6O3/c1-12-22-17(29-24-12)15-11-21-13(2)26(18(15)28)8-7-16(27)23-14-9-19(3,4)25-20(5,6)10-14/h11,14,25H,7-10H2,1-6H3,(H,23,27). The molecule has 9 heteroatoms. The Balaban J connectivity index is 1.68. The SMILES string of the molecule is Cc1noc(-c2cnc(C)n(CCC(=O)NC3CC(C)(C)NC(C)(C)C3)c2=O)n1. The number of rotatable bonds is 5. The van der Waals surface area contributed by atoms with Gasteiger partial charge in [-0.05, 0) is 54.4 Å². The molecule has 9 nitrogen and oxygen atoms in total. The molecule has 0 spiro atoms. The molecule has 0 radical (unpaired) electrons. The first-order valence-corrected chi connectivity index (χ1v) is 9.92. The second kappa shape index (κ2) is 7.70. The van der Waals surface area contributed by atoms with Gasteiger partial charge in [-0.25, -0.2) is 4.98 Å². The smallest absolute Gasteiger partial charge is 0.266 e. The van der Waals surface area contributed by atoms with Crippen LogP contribution in [0.4, 0.5) is 0 Å². The summed E-state index contributed by atoms with van der Waals surface area (Å²) in [6, 6.07) is 0.0948. The lowest BCUT2D eigenvalue weighted by Crippen LogP contribution is -2.62. The van der Waals surface area contributed by atoms with Crippen LogP contribution in [-0.4, -0.2) is 42.7 Å². The molecule has 158 valence electrons. The molecule has 0 aliphatic carbocycles. The van der Waals surface area contributed by atoms with Crippen molar-refractivity contribution in [3.8, 4) is 11.5 Å². The molecule has 2 aromatic heterocycles. The van der Waals surface area contributed by atoms with E-state index in [4.69, 9.17) is 4.52 Å². The zero-order chi connectivity index (χ0) is 21.4. The summed E-state index contributed by atoms with van der Waals surface area (Å²) in [5.41, 5.74) is -0.155. The van der Waals surface area contributed by atoms with Crippen molar-refractivity contribution in [3.63, 3.8) is 0 Å². The minimum Gasteiger partial charge on any atom is -0.353 e. The highest BCUT2D eigenvalue weighted by atomic mass is 16.5. The van der Waals surface area contributed by atoms with Crippen LogP contribution in [0, 0.1) is 13.8 Å². The van der Waals surface area contributed by atoms with Gasteiger partial charge in [-0.3, -0.25) is 14.2 Å². The maximum Gasteiger partial charge on any atom is 0.266 e. The number of carbonyl (C=O) groups excluding carboxylic acids is 1. The van der Waals surface area contributed by atoms with Gasteiger partial charge >= 0.3 is 0 Å². The van der Waals surface area contributed by atoms with E-state index in [-0.39, 0.29) is 53.0 Å². The van der Waals surface area contributed by atoms with E-state index in [1.807, 2.05) is 0 Å². The van der Waals surface area contributed by atoms with Gasteiger partial charge in [0.2, 0.25) is 5.91 Å². The van der Waals surface area contributed by atoms with Crippen molar-refractivity contribution in [1.82, 2.24) is 30.3 Å². The normalized spacial score (nSPS) is 18.6. The third kappa shape index (κ3) is 5.09. The molecule has 0 unspecified atom stereocenters. The number of aryl methyl sites for hydroxylation is 2. The summed E-state index contributed by atoms with van der Waals surface area (Å²) in [4.78, 5) is 33.8. The van der Waals surface area contributed by atoms with Gasteiger partial charge in [0.05, 0.1) is 0 Å². The zero-order valence-corrected chi connectivity index (χ0v) is 18.0. The number of piperidine rings is 1. The summed E-state index contributed by atoms with van der Waals surface area (Å²) < 4.78 is 6.57. The maximum absolute atomic E-state index is 12.8. The molecule has 1 saturated heterocycles. The third-order valence-electron chi connectivity index (χ3n) is 5.12. The molecular weight excluding hydrogens is 372 g/mol. The fourth-order valence-electron chi connectivity index (χ4n) is 4.33. The van der Waals surface area contributed by atoms with Gasteiger partial charge in [0.25, 0.3) is 11.4 Å². The molecule has 0 saturated carbocycles. The van der Waals surface area contributed by atoms with E-state index >= 15 is 0 Å². The highest BCUT2D eigenvalue weighted by Gasteiger charge is 2.38. The maximum atomic E-state index is 12.8. The fourth-order valence-corrected chi connectivity index (χ4v) is 4.33. The van der Waals surface area contributed by atoms with Gasteiger partial charge in [0.15, 0.2) is 5.82 Å². The van der Waals surface area contributed by atoms with E-state index in [0.29, 0.717) is 11.6 Å². The van der Waals surface area contributed by atoms with Crippen LogP contribution in [0.3, 0.4) is 0 Å². The van der Waals surface area contributed by atoms with Crippen LogP contribution >= 0.6 is 0 Å². The Kier molecular flexibility index (Phi) is 5.62. The van der Waals surface area contributed by atoms with E-state index in [1.165, 1.54) is 10.8 Å². The zero-order valence-electron chi connectivity index (χ0n) is 18.0. The first kappa shape index (κ1) is 21.2. The molecule has 2 aromatic rings. The van der Waals surface area contributed by atoms with Gasteiger partial charge in [-0.2, -0.15) is 4.98 Å². The summed E-state index contributed by atoms with van der Waals surface area (Å²) >= 11 is 0. The predicted octanol–water partition coefficient (Wildman–Crippen LogP) is 1.73. The lowest BCUT2D eigenvalue weighted by Gasteiger charge is -2.46. The lowest BCUT2D eigenvalue weighted by molar-refractivity contribution is -0.122. The van der Waals surface area contributed by atoms with Gasteiger partial charge < -0.3 is 15.2 Å². The average Bonchev–Trinajstić information content (AvgIpc) is 2.97.